The summed E-state index contributed by atoms with van der Waals surface area (Å²) in [6.07, 6.45) is 5.41. The predicted octanol–water partition coefficient (Wildman–Crippen LogP) is 0.423. The molecule has 0 spiro atoms. The third-order valence-corrected chi connectivity index (χ3v) is 1.85. The lowest BCUT2D eigenvalue weighted by atomic mass is 10.3. The van der Waals surface area contributed by atoms with Crippen LogP contribution < -0.4 is 5.73 Å². The number of nitrogens with zero attached hydrogens (tertiary/aromatic N) is 2. The van der Waals surface area contributed by atoms with E-state index in [9.17, 15) is 0 Å². The number of hydrogen-bond acceptors (Lipinski definition) is 3. The van der Waals surface area contributed by atoms with E-state index in [1.54, 1.807) is 12.4 Å². The maximum absolute atomic E-state index is 5.74. The minimum absolute atomic E-state index is 0.128. The zero-order valence-electron chi connectivity index (χ0n) is 5.62. The predicted molar refractivity (Wildman–Crippen MR) is 37.3 cm³/mol. The van der Waals surface area contributed by atoms with Crippen LogP contribution in [0.4, 0.5) is 0 Å². The van der Waals surface area contributed by atoms with E-state index in [0.717, 1.165) is 24.2 Å². The fraction of sp³-hybridized carbons (Fsp3) is 0.429. The van der Waals surface area contributed by atoms with Gasteiger partial charge in [0.15, 0.2) is 0 Å². The Morgan fingerprint density at radius 2 is 2.20 bits per heavy atom. The zero-order chi connectivity index (χ0) is 6.97. The van der Waals surface area contributed by atoms with Gasteiger partial charge in [-0.2, -0.15) is 0 Å². The second kappa shape index (κ2) is 2.02. The quantitative estimate of drug-likeness (QED) is 0.561. The molecule has 0 saturated carbocycles. The first kappa shape index (κ1) is 5.80. The molecule has 1 aliphatic rings. The van der Waals surface area contributed by atoms with Crippen molar-refractivity contribution in [1.82, 2.24) is 9.97 Å². The fourth-order valence-corrected chi connectivity index (χ4v) is 1.31. The van der Waals surface area contributed by atoms with Crippen molar-refractivity contribution in [3.8, 4) is 0 Å². The summed E-state index contributed by atoms with van der Waals surface area (Å²) in [6, 6.07) is 0.128. The summed E-state index contributed by atoms with van der Waals surface area (Å²) in [5, 5.41) is 0. The maximum atomic E-state index is 5.74. The molecule has 1 atom stereocenters. The highest BCUT2D eigenvalue weighted by Crippen LogP contribution is 2.24. The molecule has 1 heterocycles. The molecule has 3 nitrogen and oxygen atoms in total. The first-order valence-corrected chi connectivity index (χ1v) is 3.43. The number of aryl methyl sites for hydroxylation is 1. The first-order chi connectivity index (χ1) is 4.88. The number of aromatic nitrogens is 2. The van der Waals surface area contributed by atoms with E-state index in [-0.39, 0.29) is 6.04 Å². The van der Waals surface area contributed by atoms with Gasteiger partial charge < -0.3 is 5.73 Å². The highest BCUT2D eigenvalue weighted by molar-refractivity contribution is 5.20. The molecule has 1 unspecified atom stereocenters. The van der Waals surface area contributed by atoms with Gasteiger partial charge in [0.2, 0.25) is 0 Å². The van der Waals surface area contributed by atoms with E-state index in [1.165, 1.54) is 0 Å². The molecule has 0 radical (unpaired) electrons. The fourth-order valence-electron chi connectivity index (χ4n) is 1.31. The third-order valence-electron chi connectivity index (χ3n) is 1.85. The lowest BCUT2D eigenvalue weighted by Crippen LogP contribution is -2.07. The summed E-state index contributed by atoms with van der Waals surface area (Å²) in [7, 11) is 0. The summed E-state index contributed by atoms with van der Waals surface area (Å²) in [5.74, 6) is 0. The molecular formula is C7H9N3. The molecule has 0 bridgehead atoms. The van der Waals surface area contributed by atoms with Crippen LogP contribution in [-0.4, -0.2) is 9.97 Å². The molecule has 2 rings (SSSR count). The molecule has 0 amide bonds. The van der Waals surface area contributed by atoms with Gasteiger partial charge in [0, 0.05) is 18.4 Å². The van der Waals surface area contributed by atoms with Gasteiger partial charge in [-0.1, -0.05) is 0 Å². The average Bonchev–Trinajstić information content (AvgIpc) is 2.34. The van der Waals surface area contributed by atoms with Gasteiger partial charge in [-0.15, -0.1) is 0 Å². The molecule has 0 saturated heterocycles. The average molecular weight is 135 g/mol. The molecule has 2 N–H and O–H groups in total. The highest BCUT2D eigenvalue weighted by atomic mass is 14.9. The molecule has 0 aliphatic heterocycles. The number of rotatable bonds is 0. The van der Waals surface area contributed by atoms with Gasteiger partial charge in [-0.05, 0) is 12.8 Å². The van der Waals surface area contributed by atoms with Crippen LogP contribution in [-0.2, 0) is 6.42 Å². The Kier molecular flexibility index (Phi) is 1.17. The van der Waals surface area contributed by atoms with Gasteiger partial charge in [0.1, 0.15) is 0 Å². The topological polar surface area (TPSA) is 51.8 Å². The van der Waals surface area contributed by atoms with Crippen molar-refractivity contribution in [2.45, 2.75) is 18.9 Å². The lowest BCUT2D eigenvalue weighted by molar-refractivity contribution is 0.697. The van der Waals surface area contributed by atoms with Gasteiger partial charge in [0.25, 0.3) is 0 Å². The summed E-state index contributed by atoms with van der Waals surface area (Å²) < 4.78 is 0. The maximum Gasteiger partial charge on any atom is 0.0786 e. The van der Waals surface area contributed by atoms with E-state index in [2.05, 4.69) is 9.97 Å². The standard InChI is InChI=1S/C7H9N3/c8-5-1-2-6-7(5)10-4-3-9-6/h3-5H,1-2,8H2. The minimum atomic E-state index is 0.128. The molecule has 10 heavy (non-hydrogen) atoms. The Morgan fingerprint density at radius 3 is 3.00 bits per heavy atom. The second-order valence-electron chi connectivity index (χ2n) is 2.53. The molecule has 0 aromatic carbocycles. The van der Waals surface area contributed by atoms with E-state index in [4.69, 9.17) is 5.73 Å². The van der Waals surface area contributed by atoms with Crippen LogP contribution in [0.1, 0.15) is 23.9 Å². The molecule has 1 aromatic rings. The van der Waals surface area contributed by atoms with Crippen LogP contribution in [0.2, 0.25) is 0 Å². The molecular weight excluding hydrogens is 126 g/mol. The normalized spacial score (nSPS) is 22.7. The Labute approximate surface area is 59.3 Å². The van der Waals surface area contributed by atoms with Crippen molar-refractivity contribution in [3.05, 3.63) is 23.8 Å². The van der Waals surface area contributed by atoms with E-state index in [1.807, 2.05) is 0 Å². The summed E-state index contributed by atoms with van der Waals surface area (Å²) >= 11 is 0. The molecule has 52 valence electrons. The minimum Gasteiger partial charge on any atom is -0.323 e. The molecule has 1 aromatic heterocycles. The lowest BCUT2D eigenvalue weighted by Gasteiger charge is -1.99. The van der Waals surface area contributed by atoms with E-state index >= 15 is 0 Å². The molecule has 3 heteroatoms. The number of fused-ring (bicyclic) bond motifs is 1. The van der Waals surface area contributed by atoms with Crippen molar-refractivity contribution in [3.63, 3.8) is 0 Å². The summed E-state index contributed by atoms with van der Waals surface area (Å²) in [5.41, 5.74) is 7.81. The Morgan fingerprint density at radius 1 is 1.40 bits per heavy atom. The van der Waals surface area contributed by atoms with Crippen LogP contribution >= 0.6 is 0 Å². The van der Waals surface area contributed by atoms with Crippen molar-refractivity contribution in [2.75, 3.05) is 0 Å². The second-order valence-corrected chi connectivity index (χ2v) is 2.53. The van der Waals surface area contributed by atoms with Crippen LogP contribution in [0.3, 0.4) is 0 Å². The Balaban J connectivity index is 2.51. The van der Waals surface area contributed by atoms with Gasteiger partial charge in [-0.3, -0.25) is 9.97 Å². The van der Waals surface area contributed by atoms with Crippen molar-refractivity contribution < 1.29 is 0 Å². The van der Waals surface area contributed by atoms with Crippen molar-refractivity contribution in [2.24, 2.45) is 5.73 Å². The van der Waals surface area contributed by atoms with Crippen LogP contribution in [0.5, 0.6) is 0 Å². The summed E-state index contributed by atoms with van der Waals surface area (Å²) in [6.45, 7) is 0. The number of hydrogen-bond donors (Lipinski definition) is 1. The van der Waals surface area contributed by atoms with E-state index in [0.29, 0.717) is 0 Å². The summed E-state index contributed by atoms with van der Waals surface area (Å²) in [4.78, 5) is 8.32. The zero-order valence-corrected chi connectivity index (χ0v) is 5.62. The van der Waals surface area contributed by atoms with Crippen molar-refractivity contribution >= 4 is 0 Å². The van der Waals surface area contributed by atoms with Crippen LogP contribution in [0.15, 0.2) is 12.4 Å². The Hall–Kier alpha value is -0.960. The highest BCUT2D eigenvalue weighted by Gasteiger charge is 2.20. The molecule has 1 aliphatic carbocycles. The van der Waals surface area contributed by atoms with E-state index < -0.39 is 0 Å². The van der Waals surface area contributed by atoms with Gasteiger partial charge in [0.05, 0.1) is 11.4 Å². The van der Waals surface area contributed by atoms with Crippen LogP contribution in [0, 0.1) is 0 Å². The van der Waals surface area contributed by atoms with Gasteiger partial charge in [-0.25, -0.2) is 0 Å². The van der Waals surface area contributed by atoms with Gasteiger partial charge >= 0.3 is 0 Å². The molecule has 0 fully saturated rings. The van der Waals surface area contributed by atoms with Crippen LogP contribution in [0.25, 0.3) is 0 Å². The number of nitrogens with two attached hydrogens (primary N) is 1. The SMILES string of the molecule is NC1CCc2nccnc21. The first-order valence-electron chi connectivity index (χ1n) is 3.43. The Bertz CT molecular complexity index is 246. The largest absolute Gasteiger partial charge is 0.323 e. The smallest absolute Gasteiger partial charge is 0.0786 e. The monoisotopic (exact) mass is 135 g/mol. The van der Waals surface area contributed by atoms with Crippen molar-refractivity contribution in [1.29, 1.82) is 0 Å². The third kappa shape index (κ3) is 0.708.